The number of sulfonamides is 1. The minimum Gasteiger partial charge on any atom is -0.478 e. The molecule has 3 N–H and O–H groups in total. The summed E-state index contributed by atoms with van der Waals surface area (Å²) in [6, 6.07) is 3.13. The number of carboxylic acids is 2. The van der Waals surface area contributed by atoms with Crippen molar-refractivity contribution in [3.8, 4) is 0 Å². The Bertz CT molecular complexity index is 591. The first-order chi connectivity index (χ1) is 9.25. The van der Waals surface area contributed by atoms with Crippen LogP contribution in [0.15, 0.2) is 18.2 Å². The smallest absolute Gasteiger partial charge is 0.335 e. The van der Waals surface area contributed by atoms with Crippen LogP contribution in [-0.4, -0.2) is 36.3 Å². The lowest BCUT2D eigenvalue weighted by Gasteiger charge is -2.09. The van der Waals surface area contributed by atoms with Gasteiger partial charge in [-0.2, -0.15) is 0 Å². The van der Waals surface area contributed by atoms with Crippen molar-refractivity contribution in [2.75, 3.05) is 10.5 Å². The van der Waals surface area contributed by atoms with E-state index < -0.39 is 22.0 Å². The molecule has 0 radical (unpaired) electrons. The third-order valence-corrected chi connectivity index (χ3v) is 3.84. The van der Waals surface area contributed by atoms with Crippen molar-refractivity contribution in [3.63, 3.8) is 0 Å². The zero-order valence-corrected chi connectivity index (χ0v) is 11.6. The molecule has 1 rings (SSSR count). The van der Waals surface area contributed by atoms with Gasteiger partial charge in [0.25, 0.3) is 0 Å². The van der Waals surface area contributed by atoms with Crippen LogP contribution in [0.1, 0.15) is 40.5 Å². The second kappa shape index (κ2) is 6.38. The number of carbonyl (C=O) groups is 2. The number of benzene rings is 1. The van der Waals surface area contributed by atoms with Gasteiger partial charge in [0.1, 0.15) is 0 Å². The zero-order valence-electron chi connectivity index (χ0n) is 10.8. The minimum atomic E-state index is -3.62. The molecule has 0 fully saturated rings. The maximum absolute atomic E-state index is 11.7. The fraction of sp³-hybridized carbons (Fsp3) is 0.333. The maximum atomic E-state index is 11.7. The van der Waals surface area contributed by atoms with Crippen LogP contribution in [0.4, 0.5) is 5.69 Å². The molecule has 0 aromatic heterocycles. The fourth-order valence-corrected chi connectivity index (χ4v) is 2.75. The second-order valence-corrected chi connectivity index (χ2v) is 6.03. The molecule has 0 aliphatic carbocycles. The first-order valence-corrected chi connectivity index (χ1v) is 7.52. The van der Waals surface area contributed by atoms with Crippen LogP contribution in [0.2, 0.25) is 0 Å². The molecule has 1 aromatic rings. The molecule has 1 aromatic carbocycles. The highest BCUT2D eigenvalue weighted by atomic mass is 32.2. The van der Waals surface area contributed by atoms with E-state index in [1.807, 2.05) is 6.92 Å². The molecule has 110 valence electrons. The SMILES string of the molecule is CCCCS(=O)(=O)Nc1cc(C(=O)O)cc(C(=O)O)c1. The Morgan fingerprint density at radius 3 is 2.00 bits per heavy atom. The molecule has 0 spiro atoms. The molecule has 0 atom stereocenters. The van der Waals surface area contributed by atoms with Gasteiger partial charge in [-0.15, -0.1) is 0 Å². The van der Waals surface area contributed by atoms with E-state index in [1.165, 1.54) is 0 Å². The monoisotopic (exact) mass is 301 g/mol. The highest BCUT2D eigenvalue weighted by Gasteiger charge is 2.15. The Kier molecular flexibility index (Phi) is 5.09. The van der Waals surface area contributed by atoms with Crippen LogP contribution in [0.5, 0.6) is 0 Å². The third-order valence-electron chi connectivity index (χ3n) is 2.47. The molecule has 0 aliphatic rings. The molecule has 0 bridgehead atoms. The number of aromatic carboxylic acids is 2. The van der Waals surface area contributed by atoms with E-state index in [1.54, 1.807) is 0 Å². The number of anilines is 1. The summed E-state index contributed by atoms with van der Waals surface area (Å²) in [5.74, 6) is -2.77. The first-order valence-electron chi connectivity index (χ1n) is 5.87. The molecule has 8 heteroatoms. The average molecular weight is 301 g/mol. The van der Waals surface area contributed by atoms with E-state index in [9.17, 15) is 18.0 Å². The van der Waals surface area contributed by atoms with Crippen LogP contribution in [0.3, 0.4) is 0 Å². The maximum Gasteiger partial charge on any atom is 0.335 e. The van der Waals surface area contributed by atoms with Crippen LogP contribution >= 0.6 is 0 Å². The third kappa shape index (κ3) is 4.54. The first kappa shape index (κ1) is 16.0. The van der Waals surface area contributed by atoms with Crippen LogP contribution < -0.4 is 4.72 Å². The summed E-state index contributed by atoms with van der Waals surface area (Å²) < 4.78 is 25.6. The molecule has 20 heavy (non-hydrogen) atoms. The van der Waals surface area contributed by atoms with Crippen molar-refractivity contribution in [1.82, 2.24) is 0 Å². The number of rotatable bonds is 7. The largest absolute Gasteiger partial charge is 0.478 e. The van der Waals surface area contributed by atoms with E-state index in [4.69, 9.17) is 10.2 Å². The standard InChI is InChI=1S/C12H15NO6S/c1-2-3-4-20(18,19)13-10-6-8(11(14)15)5-9(7-10)12(16)17/h5-7,13H,2-4H2,1H3,(H,14,15)(H,16,17). The van der Waals surface area contributed by atoms with Crippen molar-refractivity contribution >= 4 is 27.6 Å². The van der Waals surface area contributed by atoms with Crippen molar-refractivity contribution in [2.24, 2.45) is 0 Å². The van der Waals surface area contributed by atoms with Gasteiger partial charge in [-0.1, -0.05) is 13.3 Å². The van der Waals surface area contributed by atoms with E-state index in [2.05, 4.69) is 4.72 Å². The van der Waals surface area contributed by atoms with Gasteiger partial charge < -0.3 is 10.2 Å². The molecule has 0 aliphatic heterocycles. The lowest BCUT2D eigenvalue weighted by atomic mass is 10.1. The molecule has 7 nitrogen and oxygen atoms in total. The minimum absolute atomic E-state index is 0.0709. The Balaban J connectivity index is 3.11. The lowest BCUT2D eigenvalue weighted by molar-refractivity contribution is 0.0696. The molecule has 0 unspecified atom stereocenters. The van der Waals surface area contributed by atoms with Gasteiger partial charge in [-0.05, 0) is 24.6 Å². The van der Waals surface area contributed by atoms with Gasteiger partial charge in [-0.25, -0.2) is 18.0 Å². The molecule has 0 saturated heterocycles. The molecule has 0 amide bonds. The van der Waals surface area contributed by atoms with E-state index >= 15 is 0 Å². The summed E-state index contributed by atoms with van der Waals surface area (Å²) in [6.45, 7) is 1.84. The fourth-order valence-electron chi connectivity index (χ4n) is 1.50. The van der Waals surface area contributed by atoms with Gasteiger partial charge in [-0.3, -0.25) is 4.72 Å². The Hall–Kier alpha value is -2.09. The van der Waals surface area contributed by atoms with Gasteiger partial charge in [0.2, 0.25) is 10.0 Å². The summed E-state index contributed by atoms with van der Waals surface area (Å²) in [5, 5.41) is 17.8. The predicted octanol–water partition coefficient (Wildman–Crippen LogP) is 1.62. The van der Waals surface area contributed by atoms with Gasteiger partial charge in [0.15, 0.2) is 0 Å². The van der Waals surface area contributed by atoms with Crippen molar-refractivity contribution < 1.29 is 28.2 Å². The Morgan fingerprint density at radius 2 is 1.60 bits per heavy atom. The van der Waals surface area contributed by atoms with E-state index in [0.717, 1.165) is 18.2 Å². The van der Waals surface area contributed by atoms with Gasteiger partial charge in [0.05, 0.1) is 22.6 Å². The summed E-state index contributed by atoms with van der Waals surface area (Å²) >= 11 is 0. The Labute approximate surface area is 116 Å². The number of nitrogens with one attached hydrogen (secondary N) is 1. The Morgan fingerprint density at radius 1 is 1.10 bits per heavy atom. The lowest BCUT2D eigenvalue weighted by Crippen LogP contribution is -2.17. The van der Waals surface area contributed by atoms with E-state index in [0.29, 0.717) is 12.8 Å². The quantitative estimate of drug-likeness (QED) is 0.703. The zero-order chi connectivity index (χ0) is 15.3. The van der Waals surface area contributed by atoms with Crippen molar-refractivity contribution in [1.29, 1.82) is 0 Å². The van der Waals surface area contributed by atoms with Crippen LogP contribution in [-0.2, 0) is 10.0 Å². The summed E-state index contributed by atoms with van der Waals surface area (Å²) in [6.07, 6.45) is 1.15. The number of hydrogen-bond donors (Lipinski definition) is 3. The van der Waals surface area contributed by atoms with Crippen LogP contribution in [0, 0.1) is 0 Å². The number of unbranched alkanes of at least 4 members (excludes halogenated alkanes) is 1. The molecular formula is C12H15NO6S. The normalized spacial score (nSPS) is 11.1. The summed E-state index contributed by atoms with van der Waals surface area (Å²) in [4.78, 5) is 21.8. The van der Waals surface area contributed by atoms with E-state index in [-0.39, 0.29) is 22.6 Å². The molecule has 0 heterocycles. The molecular weight excluding hydrogens is 286 g/mol. The topological polar surface area (TPSA) is 121 Å². The number of carboxylic acid groups (broad SMARTS) is 2. The highest BCUT2D eigenvalue weighted by molar-refractivity contribution is 7.92. The van der Waals surface area contributed by atoms with Crippen molar-refractivity contribution in [2.45, 2.75) is 19.8 Å². The summed E-state index contributed by atoms with van der Waals surface area (Å²) in [7, 11) is -3.62. The predicted molar refractivity (Wildman–Crippen MR) is 72.7 cm³/mol. The second-order valence-electron chi connectivity index (χ2n) is 4.18. The summed E-state index contributed by atoms with van der Waals surface area (Å²) in [5.41, 5.74) is -0.658. The van der Waals surface area contributed by atoms with Gasteiger partial charge >= 0.3 is 11.9 Å². The molecule has 0 saturated carbocycles. The van der Waals surface area contributed by atoms with Crippen LogP contribution in [0.25, 0.3) is 0 Å². The number of hydrogen-bond acceptors (Lipinski definition) is 4. The van der Waals surface area contributed by atoms with Gasteiger partial charge in [0, 0.05) is 0 Å². The highest BCUT2D eigenvalue weighted by Crippen LogP contribution is 2.17. The van der Waals surface area contributed by atoms with Crippen molar-refractivity contribution in [3.05, 3.63) is 29.3 Å². The average Bonchev–Trinajstić information content (AvgIpc) is 2.35.